The Bertz CT molecular complexity index is 939. The van der Waals surface area contributed by atoms with Crippen LogP contribution in [0, 0.1) is 18.6 Å². The normalized spacial score (nSPS) is 20.6. The van der Waals surface area contributed by atoms with Crippen molar-refractivity contribution in [2.75, 3.05) is 11.5 Å². The van der Waals surface area contributed by atoms with Gasteiger partial charge in [0.15, 0.2) is 9.84 Å². The van der Waals surface area contributed by atoms with Gasteiger partial charge in [-0.2, -0.15) is 20.0 Å². The summed E-state index contributed by atoms with van der Waals surface area (Å²) in [6.45, 7) is 3.57. The molecule has 3 heterocycles. The molecule has 124 valence electrons. The van der Waals surface area contributed by atoms with Crippen molar-refractivity contribution >= 4 is 39.9 Å². The SMILES string of the molecule is Cc1nn([C@@H]2CCS(=O)(=O)C2)c(Cl)c1/C=N\n1c(C)n[nH]c1=S. The van der Waals surface area contributed by atoms with Crippen LogP contribution in [0.15, 0.2) is 5.10 Å². The van der Waals surface area contributed by atoms with Crippen LogP contribution in [0.1, 0.15) is 29.5 Å². The van der Waals surface area contributed by atoms with Gasteiger partial charge >= 0.3 is 0 Å². The van der Waals surface area contributed by atoms with E-state index >= 15 is 0 Å². The maximum Gasteiger partial charge on any atom is 0.216 e. The lowest BCUT2D eigenvalue weighted by atomic mass is 10.2. The van der Waals surface area contributed by atoms with E-state index < -0.39 is 9.84 Å². The second-order valence-electron chi connectivity index (χ2n) is 5.42. The standard InChI is InChI=1S/C12H15ClN6O2S2/c1-7-10(5-14-18-8(2)15-16-12(18)22)11(13)19(17-7)9-3-4-23(20,21)6-9/h5,9H,3-4,6H2,1-2H3,(H,16,22)/b14-5-/t9-/m1/s1. The zero-order valence-corrected chi connectivity index (χ0v) is 14.9. The van der Waals surface area contributed by atoms with E-state index in [1.165, 1.54) is 4.68 Å². The minimum absolute atomic E-state index is 0.0658. The fourth-order valence-electron chi connectivity index (χ4n) is 2.51. The van der Waals surface area contributed by atoms with Crippen molar-refractivity contribution in [1.82, 2.24) is 24.7 Å². The lowest BCUT2D eigenvalue weighted by molar-refractivity contribution is 0.497. The average molecular weight is 375 g/mol. The van der Waals surface area contributed by atoms with Crippen molar-refractivity contribution in [3.8, 4) is 0 Å². The number of hydrogen-bond acceptors (Lipinski definition) is 6. The number of rotatable bonds is 3. The van der Waals surface area contributed by atoms with E-state index in [4.69, 9.17) is 23.8 Å². The Balaban J connectivity index is 1.94. The van der Waals surface area contributed by atoms with E-state index in [0.29, 0.717) is 33.4 Å². The molecule has 0 bridgehead atoms. The number of hydrogen-bond donors (Lipinski definition) is 1. The van der Waals surface area contributed by atoms with Gasteiger partial charge in [-0.1, -0.05) is 11.6 Å². The highest BCUT2D eigenvalue weighted by Crippen LogP contribution is 2.29. The molecule has 1 aliphatic heterocycles. The summed E-state index contributed by atoms with van der Waals surface area (Å²) in [7, 11) is -3.01. The van der Waals surface area contributed by atoms with E-state index in [2.05, 4.69) is 20.4 Å². The first-order valence-corrected chi connectivity index (χ1v) is 9.52. The van der Waals surface area contributed by atoms with Gasteiger partial charge < -0.3 is 0 Å². The third-order valence-electron chi connectivity index (χ3n) is 3.74. The largest absolute Gasteiger partial charge is 0.250 e. The van der Waals surface area contributed by atoms with E-state index in [9.17, 15) is 8.42 Å². The minimum atomic E-state index is -3.01. The number of nitrogens with one attached hydrogen (secondary N) is 1. The van der Waals surface area contributed by atoms with Gasteiger partial charge in [0.25, 0.3) is 0 Å². The predicted octanol–water partition coefficient (Wildman–Crippen LogP) is 1.65. The van der Waals surface area contributed by atoms with Crippen LogP contribution in [0.25, 0.3) is 0 Å². The van der Waals surface area contributed by atoms with Crippen LogP contribution in [0.4, 0.5) is 0 Å². The Labute approximate surface area is 143 Å². The molecule has 0 radical (unpaired) electrons. The van der Waals surface area contributed by atoms with Crippen molar-refractivity contribution in [2.24, 2.45) is 5.10 Å². The molecular weight excluding hydrogens is 360 g/mol. The topological polar surface area (TPSA) is 97.9 Å². The molecule has 3 rings (SSSR count). The maximum absolute atomic E-state index is 11.6. The molecule has 1 saturated heterocycles. The highest BCUT2D eigenvalue weighted by Gasteiger charge is 2.31. The van der Waals surface area contributed by atoms with E-state index in [-0.39, 0.29) is 17.5 Å². The minimum Gasteiger partial charge on any atom is -0.250 e. The van der Waals surface area contributed by atoms with Crippen LogP contribution < -0.4 is 0 Å². The highest BCUT2D eigenvalue weighted by atomic mass is 35.5. The zero-order chi connectivity index (χ0) is 16.8. The average Bonchev–Trinajstić information content (AvgIpc) is 3.08. The predicted molar refractivity (Wildman–Crippen MR) is 89.4 cm³/mol. The molecule has 0 unspecified atom stereocenters. The van der Waals surface area contributed by atoms with Gasteiger partial charge in [0.1, 0.15) is 11.0 Å². The zero-order valence-electron chi connectivity index (χ0n) is 12.5. The fourth-order valence-corrected chi connectivity index (χ4v) is 4.79. The molecular formula is C12H15ClN6O2S2. The lowest BCUT2D eigenvalue weighted by Gasteiger charge is -2.09. The highest BCUT2D eigenvalue weighted by molar-refractivity contribution is 7.91. The summed E-state index contributed by atoms with van der Waals surface area (Å²) in [5.74, 6) is 0.852. The summed E-state index contributed by atoms with van der Waals surface area (Å²) in [5.41, 5.74) is 1.31. The second kappa shape index (κ2) is 5.84. The molecule has 1 atom stereocenters. The number of H-pyrrole nitrogens is 1. The molecule has 2 aromatic heterocycles. The number of halogens is 1. The van der Waals surface area contributed by atoms with E-state index in [1.54, 1.807) is 24.7 Å². The number of aromatic nitrogens is 5. The number of aryl methyl sites for hydroxylation is 2. The van der Waals surface area contributed by atoms with Gasteiger partial charge in [0.2, 0.25) is 4.77 Å². The Morgan fingerprint density at radius 3 is 2.78 bits per heavy atom. The van der Waals surface area contributed by atoms with Gasteiger partial charge in [0, 0.05) is 0 Å². The van der Waals surface area contributed by atoms with Crippen LogP contribution >= 0.6 is 23.8 Å². The maximum atomic E-state index is 11.6. The molecule has 2 aromatic rings. The monoisotopic (exact) mass is 374 g/mol. The van der Waals surface area contributed by atoms with Crippen molar-refractivity contribution in [1.29, 1.82) is 0 Å². The first kappa shape index (κ1) is 16.3. The first-order chi connectivity index (χ1) is 10.8. The molecule has 8 nitrogen and oxygen atoms in total. The van der Waals surface area contributed by atoms with Crippen LogP contribution in [-0.2, 0) is 9.84 Å². The number of aromatic amines is 1. The van der Waals surface area contributed by atoms with Crippen molar-refractivity contribution in [3.63, 3.8) is 0 Å². The molecule has 23 heavy (non-hydrogen) atoms. The molecule has 0 amide bonds. The Kier molecular flexibility index (Phi) is 4.15. The van der Waals surface area contributed by atoms with Crippen LogP contribution in [-0.4, -0.2) is 50.8 Å². The Morgan fingerprint density at radius 1 is 1.48 bits per heavy atom. The molecule has 0 spiro atoms. The van der Waals surface area contributed by atoms with Crippen molar-refractivity contribution < 1.29 is 8.42 Å². The summed E-state index contributed by atoms with van der Waals surface area (Å²) in [6.07, 6.45) is 2.08. The third kappa shape index (κ3) is 3.10. The Hall–Kier alpha value is -1.52. The van der Waals surface area contributed by atoms with Crippen molar-refractivity contribution in [3.05, 3.63) is 27.0 Å². The van der Waals surface area contributed by atoms with Crippen LogP contribution in [0.5, 0.6) is 0 Å². The van der Waals surface area contributed by atoms with Crippen molar-refractivity contribution in [2.45, 2.75) is 26.3 Å². The van der Waals surface area contributed by atoms with Gasteiger partial charge in [-0.3, -0.25) is 5.10 Å². The number of sulfone groups is 1. The Morgan fingerprint density at radius 2 is 2.22 bits per heavy atom. The third-order valence-corrected chi connectivity index (χ3v) is 6.13. The van der Waals surface area contributed by atoms with Gasteiger partial charge in [-0.05, 0) is 32.5 Å². The van der Waals surface area contributed by atoms with Crippen LogP contribution in [0.2, 0.25) is 5.15 Å². The lowest BCUT2D eigenvalue weighted by Crippen LogP contribution is -2.12. The molecule has 1 N–H and O–H groups in total. The fraction of sp³-hybridized carbons (Fsp3) is 0.500. The summed E-state index contributed by atoms with van der Waals surface area (Å²) in [4.78, 5) is 0. The molecule has 0 aromatic carbocycles. The molecule has 0 aliphatic carbocycles. The molecule has 1 aliphatic rings. The second-order valence-corrected chi connectivity index (χ2v) is 8.40. The summed E-state index contributed by atoms with van der Waals surface area (Å²) >= 11 is 11.5. The van der Waals surface area contributed by atoms with Gasteiger partial charge in [-0.15, -0.1) is 0 Å². The molecule has 11 heteroatoms. The van der Waals surface area contributed by atoms with E-state index in [1.807, 2.05) is 0 Å². The summed E-state index contributed by atoms with van der Waals surface area (Å²) in [6, 6.07) is -0.230. The van der Waals surface area contributed by atoms with Gasteiger partial charge in [0.05, 0.1) is 35.0 Å². The van der Waals surface area contributed by atoms with E-state index in [0.717, 1.165) is 0 Å². The summed E-state index contributed by atoms with van der Waals surface area (Å²) < 4.78 is 26.7. The quantitative estimate of drug-likeness (QED) is 0.650. The molecule has 0 saturated carbocycles. The molecule has 1 fully saturated rings. The van der Waals surface area contributed by atoms with Gasteiger partial charge in [-0.25, -0.2) is 13.1 Å². The first-order valence-electron chi connectivity index (χ1n) is 6.92. The van der Waals surface area contributed by atoms with Crippen LogP contribution in [0.3, 0.4) is 0 Å². The smallest absolute Gasteiger partial charge is 0.216 e. The number of nitrogens with zero attached hydrogens (tertiary/aromatic N) is 5. The summed E-state index contributed by atoms with van der Waals surface area (Å²) in [5, 5.41) is 15.6.